The van der Waals surface area contributed by atoms with Gasteiger partial charge in [-0.2, -0.15) is 4.62 Å². The summed E-state index contributed by atoms with van der Waals surface area (Å²) >= 11 is 0. The van der Waals surface area contributed by atoms with Crippen LogP contribution in [0.15, 0.2) is 0 Å². The largest absolute Gasteiger partial charge is 0.480 e. The third-order valence-electron chi connectivity index (χ3n) is 1.26. The van der Waals surface area contributed by atoms with E-state index in [9.17, 15) is 9.36 Å². The van der Waals surface area contributed by atoms with Gasteiger partial charge in [-0.25, -0.2) is 5.48 Å². The third-order valence-corrected chi connectivity index (χ3v) is 1.54. The van der Waals surface area contributed by atoms with Gasteiger partial charge < -0.3 is 14.9 Å². The zero-order chi connectivity index (χ0) is 11.1. The van der Waals surface area contributed by atoms with Crippen molar-refractivity contribution in [1.29, 1.82) is 5.41 Å². The van der Waals surface area contributed by atoms with Crippen molar-refractivity contribution >= 4 is 20.2 Å². The quantitative estimate of drug-likeness (QED) is 0.209. The lowest BCUT2D eigenvalue weighted by Gasteiger charge is -2.20. The molecule has 1 unspecified atom stereocenters. The minimum Gasteiger partial charge on any atom is -0.480 e. The molecule has 0 bridgehead atoms. The van der Waals surface area contributed by atoms with E-state index in [2.05, 4.69) is 4.62 Å². The first kappa shape index (κ1) is 12.9. The van der Waals surface area contributed by atoms with E-state index in [1.807, 2.05) is 5.48 Å². The van der Waals surface area contributed by atoms with Gasteiger partial charge in [-0.1, -0.05) is 0 Å². The second-order valence-corrected chi connectivity index (χ2v) is 2.96. The molecule has 9 heteroatoms. The van der Waals surface area contributed by atoms with E-state index in [-0.39, 0.29) is 19.0 Å². The van der Waals surface area contributed by atoms with Gasteiger partial charge in [0, 0.05) is 6.54 Å². The Bertz CT molecular complexity index is 246. The van der Waals surface area contributed by atoms with Crippen LogP contribution in [0.2, 0.25) is 0 Å². The van der Waals surface area contributed by atoms with Gasteiger partial charge in [0.05, 0.1) is 0 Å². The van der Waals surface area contributed by atoms with Crippen LogP contribution >= 0.6 is 8.25 Å². The summed E-state index contributed by atoms with van der Waals surface area (Å²) in [6.45, 7) is 1.53. The molecule has 0 spiro atoms. The Kier molecular flexibility index (Phi) is 5.86. The Labute approximate surface area is 80.9 Å². The standard InChI is InChI=1S/C5H12N3O5P/c1-2-8(3-4(9)10)5(6)7-13-14(11)12/h14H,2-3H2,1H3,(H2,6,7)(H,9,10)(H,11,12). The molecule has 0 fully saturated rings. The van der Waals surface area contributed by atoms with Gasteiger partial charge in [0.2, 0.25) is 5.96 Å². The molecule has 0 heterocycles. The van der Waals surface area contributed by atoms with Crippen LogP contribution in [0.4, 0.5) is 0 Å². The highest BCUT2D eigenvalue weighted by Gasteiger charge is 2.11. The molecule has 0 aromatic heterocycles. The number of carbonyl (C=O) groups is 1. The maximum atomic E-state index is 10.3. The molecule has 0 saturated carbocycles. The van der Waals surface area contributed by atoms with Gasteiger partial charge >= 0.3 is 14.2 Å². The van der Waals surface area contributed by atoms with E-state index in [1.165, 1.54) is 0 Å². The third kappa shape index (κ3) is 5.52. The molecular weight excluding hydrogens is 213 g/mol. The van der Waals surface area contributed by atoms with Crippen molar-refractivity contribution in [1.82, 2.24) is 10.4 Å². The molecule has 1 atom stereocenters. The highest BCUT2D eigenvalue weighted by molar-refractivity contribution is 7.32. The number of nitrogens with one attached hydrogen (secondary N) is 2. The molecule has 4 N–H and O–H groups in total. The Morgan fingerprint density at radius 3 is 2.64 bits per heavy atom. The smallest absolute Gasteiger partial charge is 0.337 e. The predicted octanol–water partition coefficient (Wildman–Crippen LogP) is -0.769. The Balaban J connectivity index is 4.04. The molecule has 82 valence electrons. The van der Waals surface area contributed by atoms with Crippen molar-refractivity contribution < 1.29 is 24.0 Å². The normalized spacial score (nSPS) is 11.9. The summed E-state index contributed by atoms with van der Waals surface area (Å²) in [4.78, 5) is 19.7. The molecule has 14 heavy (non-hydrogen) atoms. The molecule has 0 radical (unpaired) electrons. The zero-order valence-electron chi connectivity index (χ0n) is 7.48. The Morgan fingerprint density at radius 2 is 2.29 bits per heavy atom. The zero-order valence-corrected chi connectivity index (χ0v) is 8.48. The summed E-state index contributed by atoms with van der Waals surface area (Å²) in [5.74, 6) is -1.47. The number of rotatable bonds is 5. The topological polar surface area (TPSA) is 123 Å². The van der Waals surface area contributed by atoms with Gasteiger partial charge in [-0.15, -0.1) is 0 Å². The van der Waals surface area contributed by atoms with Crippen LogP contribution in [0.3, 0.4) is 0 Å². The minimum atomic E-state index is -3.17. The fourth-order valence-corrected chi connectivity index (χ4v) is 0.853. The van der Waals surface area contributed by atoms with E-state index in [4.69, 9.17) is 15.4 Å². The van der Waals surface area contributed by atoms with Crippen molar-refractivity contribution in [3.05, 3.63) is 0 Å². The van der Waals surface area contributed by atoms with Crippen molar-refractivity contribution in [3.8, 4) is 0 Å². The van der Waals surface area contributed by atoms with Crippen LogP contribution in [0, 0.1) is 5.41 Å². The van der Waals surface area contributed by atoms with Crippen LogP contribution in [0.25, 0.3) is 0 Å². The number of aliphatic carboxylic acids is 1. The molecule has 0 aliphatic heterocycles. The van der Waals surface area contributed by atoms with Crippen LogP contribution < -0.4 is 5.48 Å². The highest BCUT2D eigenvalue weighted by Crippen LogP contribution is 2.10. The second kappa shape index (κ2) is 6.36. The summed E-state index contributed by atoms with van der Waals surface area (Å²) in [5.41, 5.74) is 1.87. The molecular formula is C5H12N3O5P. The molecule has 0 saturated heterocycles. The number of hydroxylamine groups is 1. The summed E-state index contributed by atoms with van der Waals surface area (Å²) in [5, 5.41) is 15.7. The lowest BCUT2D eigenvalue weighted by Crippen LogP contribution is -2.42. The van der Waals surface area contributed by atoms with Crippen LogP contribution in [-0.2, 0) is 14.0 Å². The number of carboxylic acid groups (broad SMARTS) is 1. The molecule has 0 aromatic carbocycles. The Hall–Kier alpha value is -1.11. The lowest BCUT2D eigenvalue weighted by atomic mass is 10.5. The first-order valence-corrected chi connectivity index (χ1v) is 4.94. The van der Waals surface area contributed by atoms with Crippen LogP contribution in [0.1, 0.15) is 6.92 Å². The fraction of sp³-hybridized carbons (Fsp3) is 0.600. The number of nitrogens with zero attached hydrogens (tertiary/aromatic N) is 1. The van der Waals surface area contributed by atoms with Crippen molar-refractivity contribution in [2.75, 3.05) is 13.1 Å². The molecule has 8 nitrogen and oxygen atoms in total. The summed E-state index contributed by atoms with van der Waals surface area (Å²) in [7, 11) is -3.17. The predicted molar refractivity (Wildman–Crippen MR) is 48.1 cm³/mol. The summed E-state index contributed by atoms with van der Waals surface area (Å²) in [6, 6.07) is 0. The van der Waals surface area contributed by atoms with E-state index < -0.39 is 14.2 Å². The molecule has 0 aromatic rings. The van der Waals surface area contributed by atoms with E-state index in [0.717, 1.165) is 4.90 Å². The maximum absolute atomic E-state index is 10.3. The Morgan fingerprint density at radius 1 is 1.71 bits per heavy atom. The SMILES string of the molecule is CCN(CC(=O)O)C(=N)NO[PH](=O)O. The molecule has 0 aliphatic rings. The van der Waals surface area contributed by atoms with Crippen molar-refractivity contribution in [2.45, 2.75) is 6.92 Å². The van der Waals surface area contributed by atoms with Crippen LogP contribution in [0.5, 0.6) is 0 Å². The maximum Gasteiger partial charge on any atom is 0.337 e. The van der Waals surface area contributed by atoms with Gasteiger partial charge in [-0.05, 0) is 6.92 Å². The second-order valence-electron chi connectivity index (χ2n) is 2.23. The van der Waals surface area contributed by atoms with Gasteiger partial charge in [0.15, 0.2) is 0 Å². The van der Waals surface area contributed by atoms with Gasteiger partial charge in [-0.3, -0.25) is 14.8 Å². The van der Waals surface area contributed by atoms with E-state index >= 15 is 0 Å². The number of likely N-dealkylation sites (N-methyl/N-ethyl adjacent to an activating group) is 1. The lowest BCUT2D eigenvalue weighted by molar-refractivity contribution is -0.137. The number of carboxylic acids is 1. The summed E-state index contributed by atoms with van der Waals surface area (Å²) < 4.78 is 14.2. The first-order valence-electron chi connectivity index (χ1n) is 3.68. The van der Waals surface area contributed by atoms with Crippen LogP contribution in [-0.4, -0.2) is 39.9 Å². The summed E-state index contributed by atoms with van der Waals surface area (Å²) in [6.07, 6.45) is 0. The van der Waals surface area contributed by atoms with Gasteiger partial charge in [0.1, 0.15) is 6.54 Å². The fourth-order valence-electron chi connectivity index (χ4n) is 0.669. The number of guanidine groups is 1. The molecule has 0 rings (SSSR count). The number of hydrogen-bond donors (Lipinski definition) is 4. The molecule has 0 aliphatic carbocycles. The highest BCUT2D eigenvalue weighted by atomic mass is 31.1. The van der Waals surface area contributed by atoms with Gasteiger partial charge in [0.25, 0.3) is 0 Å². The molecule has 0 amide bonds. The van der Waals surface area contributed by atoms with E-state index in [0.29, 0.717) is 0 Å². The van der Waals surface area contributed by atoms with Crippen molar-refractivity contribution in [2.24, 2.45) is 0 Å². The van der Waals surface area contributed by atoms with E-state index in [1.54, 1.807) is 6.92 Å². The first-order chi connectivity index (χ1) is 6.47. The van der Waals surface area contributed by atoms with Crippen molar-refractivity contribution in [3.63, 3.8) is 0 Å². The minimum absolute atomic E-state index is 0.272. The number of hydrogen-bond acceptors (Lipinski definition) is 4. The monoisotopic (exact) mass is 225 g/mol. The average Bonchev–Trinajstić information content (AvgIpc) is 2.09. The average molecular weight is 225 g/mol.